The number of ketones is 1. The molecule has 186 valence electrons. The molecule has 0 aliphatic heterocycles. The number of nitrogens with two attached hydrogens (primary N) is 1. The van der Waals surface area contributed by atoms with Crippen LogP contribution in [0.15, 0.2) is 0 Å². The Bertz CT molecular complexity index is 879. The molecular weight excluding hydrogens is 406 g/mol. The molecule has 0 radical (unpaired) electrons. The Morgan fingerprint density at radius 2 is 1.42 bits per heavy atom. The fourth-order valence-corrected chi connectivity index (χ4v) is 11.2. The van der Waals surface area contributed by atoms with E-state index in [1.54, 1.807) is 0 Å². The van der Waals surface area contributed by atoms with Crippen molar-refractivity contribution in [2.45, 2.75) is 119 Å². The van der Waals surface area contributed by atoms with Gasteiger partial charge in [-0.2, -0.15) is 0 Å². The van der Waals surface area contributed by atoms with Crippen LogP contribution in [0.3, 0.4) is 0 Å². The van der Waals surface area contributed by atoms with Crippen LogP contribution in [0, 0.1) is 56.2 Å². The summed E-state index contributed by atoms with van der Waals surface area (Å²) in [5.74, 6) is 2.93. The minimum Gasteiger partial charge on any atom is -0.369 e. The third-order valence-corrected chi connectivity index (χ3v) is 13.8. The van der Waals surface area contributed by atoms with Crippen LogP contribution in [0.1, 0.15) is 119 Å². The van der Waals surface area contributed by atoms with Crippen molar-refractivity contribution in [2.24, 2.45) is 61.9 Å². The summed E-state index contributed by atoms with van der Waals surface area (Å²) in [5.41, 5.74) is 6.72. The Morgan fingerprint density at radius 1 is 0.758 bits per heavy atom. The van der Waals surface area contributed by atoms with Gasteiger partial charge in [-0.3, -0.25) is 9.59 Å². The monoisotopic (exact) mass is 455 g/mol. The van der Waals surface area contributed by atoms with Crippen molar-refractivity contribution in [3.63, 3.8) is 0 Å². The molecule has 5 rings (SSSR count). The first kappa shape index (κ1) is 23.9. The van der Waals surface area contributed by atoms with Crippen LogP contribution >= 0.6 is 0 Å². The highest BCUT2D eigenvalue weighted by Crippen LogP contribution is 2.76. The molecule has 33 heavy (non-hydrogen) atoms. The molecule has 1 amide bonds. The van der Waals surface area contributed by atoms with Gasteiger partial charge < -0.3 is 5.73 Å². The van der Waals surface area contributed by atoms with Gasteiger partial charge in [0.25, 0.3) is 0 Å². The molecule has 0 saturated heterocycles. The van der Waals surface area contributed by atoms with Crippen LogP contribution in [-0.2, 0) is 9.59 Å². The van der Waals surface area contributed by atoms with Gasteiger partial charge in [0.2, 0.25) is 5.91 Å². The Morgan fingerprint density at radius 3 is 2.09 bits per heavy atom. The fourth-order valence-electron chi connectivity index (χ4n) is 11.2. The van der Waals surface area contributed by atoms with E-state index in [1.807, 2.05) is 0 Å². The summed E-state index contributed by atoms with van der Waals surface area (Å²) < 4.78 is 0. The zero-order valence-corrected chi connectivity index (χ0v) is 22.5. The lowest BCUT2D eigenvalue weighted by Gasteiger charge is -2.73. The average Bonchev–Trinajstić information content (AvgIpc) is 2.73. The molecule has 3 heteroatoms. The SMILES string of the molecule is CC1(C(N)=O)CC[C@]2(C)CC[C@]3(C)[C@H](CC[C@@H]4[C@@]5(C)CCC(=O)C(C)(C)C5CC[C@]43C)[C@H]2C1. The second-order valence-electron chi connectivity index (χ2n) is 15.2. The van der Waals surface area contributed by atoms with E-state index in [0.717, 1.165) is 32.1 Å². The largest absolute Gasteiger partial charge is 0.369 e. The summed E-state index contributed by atoms with van der Waals surface area (Å²) in [6.07, 6.45) is 12.6. The van der Waals surface area contributed by atoms with E-state index in [2.05, 4.69) is 48.5 Å². The maximum Gasteiger partial charge on any atom is 0.223 e. The van der Waals surface area contributed by atoms with Crippen LogP contribution in [0.5, 0.6) is 0 Å². The Hall–Kier alpha value is -0.860. The van der Waals surface area contributed by atoms with E-state index in [4.69, 9.17) is 5.73 Å². The molecule has 5 aliphatic carbocycles. The molecule has 0 heterocycles. The second kappa shape index (κ2) is 6.88. The molecule has 0 spiro atoms. The van der Waals surface area contributed by atoms with Gasteiger partial charge in [-0.05, 0) is 110 Å². The fraction of sp³-hybridized carbons (Fsp3) is 0.933. The van der Waals surface area contributed by atoms with Crippen LogP contribution in [0.4, 0.5) is 0 Å². The van der Waals surface area contributed by atoms with Gasteiger partial charge >= 0.3 is 0 Å². The van der Waals surface area contributed by atoms with Gasteiger partial charge in [0.15, 0.2) is 0 Å². The molecule has 5 fully saturated rings. The lowest BCUT2D eigenvalue weighted by atomic mass is 9.31. The van der Waals surface area contributed by atoms with Gasteiger partial charge in [0, 0.05) is 17.3 Å². The molecular formula is C30H49NO2. The standard InChI is InChI=1S/C30H49NO2/c1-25(2)21-10-13-30(7)22(28(21,5)12-11-23(25)32)9-8-19-20-18-27(4,24(31)33)15-14-26(20,3)16-17-29(19,30)6/h19-22H,8-18H2,1-7H3,(H2,31,33)/t19-,20-,21?,22-,26-,27?,28+,29-,30-/m1/s1. The predicted molar refractivity (Wildman–Crippen MR) is 133 cm³/mol. The molecule has 0 aromatic heterocycles. The van der Waals surface area contributed by atoms with E-state index >= 15 is 0 Å². The highest BCUT2D eigenvalue weighted by Gasteiger charge is 2.69. The molecule has 2 unspecified atom stereocenters. The van der Waals surface area contributed by atoms with Crippen molar-refractivity contribution in [3.05, 3.63) is 0 Å². The van der Waals surface area contributed by atoms with Crippen molar-refractivity contribution in [1.29, 1.82) is 0 Å². The van der Waals surface area contributed by atoms with Gasteiger partial charge in [-0.25, -0.2) is 0 Å². The van der Waals surface area contributed by atoms with Crippen LogP contribution < -0.4 is 5.73 Å². The quantitative estimate of drug-likeness (QED) is 0.466. The zero-order chi connectivity index (χ0) is 24.2. The number of hydrogen-bond acceptors (Lipinski definition) is 2. The maximum atomic E-state index is 12.9. The zero-order valence-electron chi connectivity index (χ0n) is 22.5. The number of amides is 1. The number of Topliss-reactive ketones (excluding diaryl/α,β-unsaturated/α-hetero) is 1. The summed E-state index contributed by atoms with van der Waals surface area (Å²) in [7, 11) is 0. The Kier molecular flexibility index (Phi) is 4.97. The second-order valence-corrected chi connectivity index (χ2v) is 15.2. The molecule has 5 aliphatic rings. The summed E-state index contributed by atoms with van der Waals surface area (Å²) in [5, 5.41) is 0. The van der Waals surface area contributed by atoms with Crippen LogP contribution in [0.25, 0.3) is 0 Å². The van der Waals surface area contributed by atoms with Crippen molar-refractivity contribution >= 4 is 11.7 Å². The minimum absolute atomic E-state index is 0.0844. The number of rotatable bonds is 1. The first-order chi connectivity index (χ1) is 15.1. The lowest BCUT2D eigenvalue weighted by Crippen LogP contribution is -2.66. The predicted octanol–water partition coefficient (Wildman–Crippen LogP) is 6.92. The molecule has 5 saturated carbocycles. The molecule has 0 aromatic carbocycles. The van der Waals surface area contributed by atoms with Crippen molar-refractivity contribution < 1.29 is 9.59 Å². The molecule has 0 bridgehead atoms. The molecule has 3 nitrogen and oxygen atoms in total. The highest BCUT2D eigenvalue weighted by atomic mass is 16.1. The van der Waals surface area contributed by atoms with Crippen molar-refractivity contribution in [3.8, 4) is 0 Å². The average molecular weight is 456 g/mol. The smallest absolute Gasteiger partial charge is 0.223 e. The normalized spacial score (nSPS) is 55.5. The topological polar surface area (TPSA) is 60.2 Å². The van der Waals surface area contributed by atoms with E-state index in [1.165, 1.54) is 38.5 Å². The van der Waals surface area contributed by atoms with E-state index < -0.39 is 0 Å². The first-order valence-corrected chi connectivity index (χ1v) is 14.0. The van der Waals surface area contributed by atoms with Crippen molar-refractivity contribution in [2.75, 3.05) is 0 Å². The number of primary amides is 1. The lowest BCUT2D eigenvalue weighted by molar-refractivity contribution is -0.240. The number of fused-ring (bicyclic) bond motifs is 7. The molecule has 0 aromatic rings. The van der Waals surface area contributed by atoms with E-state index in [0.29, 0.717) is 45.7 Å². The van der Waals surface area contributed by atoms with E-state index in [-0.39, 0.29) is 22.2 Å². The number of carbonyl (C=O) groups is 2. The molecule has 9 atom stereocenters. The Balaban J connectivity index is 1.52. The van der Waals surface area contributed by atoms with Gasteiger partial charge in [-0.1, -0.05) is 48.5 Å². The van der Waals surface area contributed by atoms with Gasteiger partial charge in [0.1, 0.15) is 5.78 Å². The number of hydrogen-bond donors (Lipinski definition) is 1. The summed E-state index contributed by atoms with van der Waals surface area (Å²) >= 11 is 0. The summed E-state index contributed by atoms with van der Waals surface area (Å²) in [6.45, 7) is 17.0. The van der Waals surface area contributed by atoms with Gasteiger partial charge in [0.05, 0.1) is 0 Å². The Labute approximate surface area is 202 Å². The van der Waals surface area contributed by atoms with E-state index in [9.17, 15) is 9.59 Å². The van der Waals surface area contributed by atoms with Crippen molar-refractivity contribution in [1.82, 2.24) is 0 Å². The maximum absolute atomic E-state index is 12.9. The van der Waals surface area contributed by atoms with Crippen LogP contribution in [0.2, 0.25) is 0 Å². The number of carbonyl (C=O) groups excluding carboxylic acids is 2. The summed E-state index contributed by atoms with van der Waals surface area (Å²) in [4.78, 5) is 25.4. The highest BCUT2D eigenvalue weighted by molar-refractivity contribution is 5.85. The first-order valence-electron chi connectivity index (χ1n) is 14.0. The molecule has 2 N–H and O–H groups in total. The third-order valence-electron chi connectivity index (χ3n) is 13.8. The van der Waals surface area contributed by atoms with Crippen LogP contribution in [-0.4, -0.2) is 11.7 Å². The van der Waals surface area contributed by atoms with Gasteiger partial charge in [-0.15, -0.1) is 0 Å². The third kappa shape index (κ3) is 2.86. The minimum atomic E-state index is -0.336. The summed E-state index contributed by atoms with van der Waals surface area (Å²) in [6, 6.07) is 0.